The quantitative estimate of drug-likeness (QED) is 0.445. The third-order valence-corrected chi connectivity index (χ3v) is 6.37. The van der Waals surface area contributed by atoms with E-state index in [4.69, 9.17) is 11.6 Å². The lowest BCUT2D eigenvalue weighted by Crippen LogP contribution is -2.17. The summed E-state index contributed by atoms with van der Waals surface area (Å²) in [7, 11) is 0. The molecular weight excluding hydrogens is 432 g/mol. The van der Waals surface area contributed by atoms with Crippen LogP contribution in [0.3, 0.4) is 0 Å². The average Bonchev–Trinajstić information content (AvgIpc) is 3.26. The second-order valence-electron chi connectivity index (χ2n) is 7.39. The summed E-state index contributed by atoms with van der Waals surface area (Å²) in [5.74, 6) is -0.247. The van der Waals surface area contributed by atoms with Crippen molar-refractivity contribution in [2.75, 3.05) is 5.32 Å². The number of aromatic amines is 1. The Morgan fingerprint density at radius 2 is 1.77 bits per heavy atom. The summed E-state index contributed by atoms with van der Waals surface area (Å²) >= 11 is 7.13. The van der Waals surface area contributed by atoms with E-state index in [9.17, 15) is 9.59 Å². The van der Waals surface area contributed by atoms with Crippen molar-refractivity contribution in [3.05, 3.63) is 96.9 Å². The fourth-order valence-corrected chi connectivity index (χ4v) is 4.29. The summed E-state index contributed by atoms with van der Waals surface area (Å²) in [5.41, 5.74) is 4.63. The first-order valence-electron chi connectivity index (χ1n) is 9.72. The molecule has 2 N–H and O–H groups in total. The maximum Gasteiger partial charge on any atom is 0.277 e. The maximum absolute atomic E-state index is 13.0. The minimum absolute atomic E-state index is 0.174. The molecule has 0 aliphatic rings. The Kier molecular flexibility index (Phi) is 5.80. The van der Waals surface area contributed by atoms with Gasteiger partial charge in [-0.15, -0.1) is 0 Å². The van der Waals surface area contributed by atoms with E-state index >= 15 is 0 Å². The summed E-state index contributed by atoms with van der Waals surface area (Å²) in [6.45, 7) is 5.61. The number of carbonyl (C=O) groups is 1. The van der Waals surface area contributed by atoms with Crippen LogP contribution in [0.25, 0.3) is 5.13 Å². The van der Waals surface area contributed by atoms with Gasteiger partial charge in [0.05, 0.1) is 5.69 Å². The third kappa shape index (κ3) is 4.47. The zero-order chi connectivity index (χ0) is 22.1. The Bertz CT molecular complexity index is 1300. The van der Waals surface area contributed by atoms with Gasteiger partial charge in [0.25, 0.3) is 11.5 Å². The molecule has 158 valence electrons. The Morgan fingerprint density at radius 3 is 2.45 bits per heavy atom. The number of aromatic nitrogens is 3. The molecule has 0 aliphatic heterocycles. The highest BCUT2D eigenvalue weighted by Crippen LogP contribution is 2.23. The second kappa shape index (κ2) is 8.53. The molecule has 6 nitrogen and oxygen atoms in total. The number of benzene rings is 2. The fraction of sp³-hybridized carbons (Fsp3) is 0.174. The molecule has 8 heteroatoms. The van der Waals surface area contributed by atoms with Gasteiger partial charge in [-0.05, 0) is 50.6 Å². The van der Waals surface area contributed by atoms with E-state index in [0.717, 1.165) is 16.8 Å². The fourth-order valence-electron chi connectivity index (χ4n) is 3.24. The molecule has 0 saturated carbocycles. The van der Waals surface area contributed by atoms with E-state index in [1.807, 2.05) is 50.2 Å². The van der Waals surface area contributed by atoms with Crippen molar-refractivity contribution in [1.82, 2.24) is 14.8 Å². The standard InChI is InChI=1S/C23H21ClN4O2S/c1-13-4-10-18(11-5-13)26-21(29)20-15(3)25-23(31-20)28-22(30)19(14(2)27-28)12-16-6-8-17(24)9-7-16/h4-11,27H,12H2,1-3H3,(H,26,29). The highest BCUT2D eigenvalue weighted by Gasteiger charge is 2.20. The number of nitrogens with one attached hydrogen (secondary N) is 2. The van der Waals surface area contributed by atoms with E-state index in [2.05, 4.69) is 15.4 Å². The van der Waals surface area contributed by atoms with Gasteiger partial charge in [-0.2, -0.15) is 4.68 Å². The lowest BCUT2D eigenvalue weighted by Gasteiger charge is -2.04. The predicted octanol–water partition coefficient (Wildman–Crippen LogP) is 5.04. The smallest absolute Gasteiger partial charge is 0.277 e. The molecule has 1 amide bonds. The normalized spacial score (nSPS) is 11.0. The molecule has 4 aromatic rings. The van der Waals surface area contributed by atoms with Crippen molar-refractivity contribution in [2.24, 2.45) is 0 Å². The van der Waals surface area contributed by atoms with Gasteiger partial charge in [-0.1, -0.05) is 52.8 Å². The molecule has 2 aromatic heterocycles. The molecule has 0 radical (unpaired) electrons. The lowest BCUT2D eigenvalue weighted by atomic mass is 10.1. The van der Waals surface area contributed by atoms with Gasteiger partial charge in [-0.3, -0.25) is 14.7 Å². The summed E-state index contributed by atoms with van der Waals surface area (Å²) in [6, 6.07) is 15.0. The first-order valence-corrected chi connectivity index (χ1v) is 10.9. The Balaban J connectivity index is 1.60. The number of carbonyl (C=O) groups excluding carboxylic acids is 1. The summed E-state index contributed by atoms with van der Waals surface area (Å²) in [5, 5.41) is 7.06. The number of anilines is 1. The van der Waals surface area contributed by atoms with Gasteiger partial charge in [0.1, 0.15) is 4.88 Å². The number of amides is 1. The molecule has 0 atom stereocenters. The predicted molar refractivity (Wildman–Crippen MR) is 125 cm³/mol. The molecule has 4 rings (SSSR count). The van der Waals surface area contributed by atoms with Gasteiger partial charge < -0.3 is 5.32 Å². The van der Waals surface area contributed by atoms with Gasteiger partial charge in [-0.25, -0.2) is 4.98 Å². The van der Waals surface area contributed by atoms with Gasteiger partial charge in [0, 0.05) is 28.4 Å². The lowest BCUT2D eigenvalue weighted by molar-refractivity contribution is 0.103. The number of H-pyrrole nitrogens is 1. The summed E-state index contributed by atoms with van der Waals surface area (Å²) in [4.78, 5) is 30.7. The third-order valence-electron chi connectivity index (χ3n) is 4.98. The molecule has 0 spiro atoms. The average molecular weight is 453 g/mol. The van der Waals surface area contributed by atoms with Gasteiger partial charge in [0.15, 0.2) is 0 Å². The molecule has 0 fully saturated rings. The van der Waals surface area contributed by atoms with Crippen molar-refractivity contribution >= 4 is 34.5 Å². The monoisotopic (exact) mass is 452 g/mol. The Labute approximate surface area is 188 Å². The molecule has 0 bridgehead atoms. The van der Waals surface area contributed by atoms with Crippen LogP contribution in [0.15, 0.2) is 53.3 Å². The first kappa shape index (κ1) is 21.1. The molecule has 0 saturated heterocycles. The summed E-state index contributed by atoms with van der Waals surface area (Å²) in [6.07, 6.45) is 0.483. The minimum atomic E-state index is -0.247. The Hall–Kier alpha value is -3.16. The van der Waals surface area contributed by atoms with Gasteiger partial charge in [0.2, 0.25) is 5.13 Å². The van der Waals surface area contributed by atoms with Crippen molar-refractivity contribution in [3.8, 4) is 5.13 Å². The number of halogens is 1. The van der Waals surface area contributed by atoms with Gasteiger partial charge >= 0.3 is 0 Å². The van der Waals surface area contributed by atoms with Crippen molar-refractivity contribution in [2.45, 2.75) is 27.2 Å². The number of nitrogens with zero attached hydrogens (tertiary/aromatic N) is 2. The summed E-state index contributed by atoms with van der Waals surface area (Å²) < 4.78 is 1.40. The van der Waals surface area contributed by atoms with Crippen LogP contribution in [-0.4, -0.2) is 20.7 Å². The van der Waals surface area contributed by atoms with Crippen molar-refractivity contribution < 1.29 is 4.79 Å². The van der Waals surface area contributed by atoms with E-state index in [-0.39, 0.29) is 11.5 Å². The van der Waals surface area contributed by atoms with Crippen LogP contribution in [-0.2, 0) is 6.42 Å². The molecule has 0 unspecified atom stereocenters. The highest BCUT2D eigenvalue weighted by atomic mass is 35.5. The number of rotatable bonds is 5. The molecule has 31 heavy (non-hydrogen) atoms. The number of hydrogen-bond acceptors (Lipinski definition) is 4. The number of hydrogen-bond donors (Lipinski definition) is 2. The minimum Gasteiger partial charge on any atom is -0.321 e. The molecule has 0 aliphatic carbocycles. The van der Waals surface area contributed by atoms with Crippen LogP contribution in [0.2, 0.25) is 5.02 Å². The largest absolute Gasteiger partial charge is 0.321 e. The van der Waals surface area contributed by atoms with E-state index in [0.29, 0.717) is 38.4 Å². The molecule has 2 aromatic carbocycles. The number of aryl methyl sites for hydroxylation is 3. The van der Waals surface area contributed by atoms with Crippen LogP contribution >= 0.6 is 22.9 Å². The van der Waals surface area contributed by atoms with E-state index in [1.54, 1.807) is 19.1 Å². The van der Waals surface area contributed by atoms with E-state index < -0.39 is 0 Å². The van der Waals surface area contributed by atoms with Crippen LogP contribution < -0.4 is 10.9 Å². The van der Waals surface area contributed by atoms with E-state index in [1.165, 1.54) is 16.0 Å². The second-order valence-corrected chi connectivity index (χ2v) is 8.80. The Morgan fingerprint density at radius 1 is 1.10 bits per heavy atom. The van der Waals surface area contributed by atoms with Crippen LogP contribution in [0.1, 0.15) is 37.7 Å². The van der Waals surface area contributed by atoms with Crippen LogP contribution in [0, 0.1) is 20.8 Å². The topological polar surface area (TPSA) is 79.8 Å². The highest BCUT2D eigenvalue weighted by molar-refractivity contribution is 7.16. The zero-order valence-electron chi connectivity index (χ0n) is 17.3. The molecular formula is C23H21ClN4O2S. The SMILES string of the molecule is Cc1ccc(NC(=O)c2sc(-n3[nH]c(C)c(Cc4ccc(Cl)cc4)c3=O)nc2C)cc1. The van der Waals surface area contributed by atoms with Crippen LogP contribution in [0.4, 0.5) is 5.69 Å². The number of thiazole rings is 1. The molecule has 2 heterocycles. The maximum atomic E-state index is 13.0. The van der Waals surface area contributed by atoms with Crippen molar-refractivity contribution in [1.29, 1.82) is 0 Å². The van der Waals surface area contributed by atoms with Crippen molar-refractivity contribution in [3.63, 3.8) is 0 Å². The zero-order valence-corrected chi connectivity index (χ0v) is 18.9. The first-order chi connectivity index (χ1) is 14.8. The van der Waals surface area contributed by atoms with Crippen LogP contribution in [0.5, 0.6) is 0 Å².